The van der Waals surface area contributed by atoms with E-state index in [2.05, 4.69) is 31.6 Å². The van der Waals surface area contributed by atoms with Crippen molar-refractivity contribution in [3.63, 3.8) is 0 Å². The fraction of sp³-hybridized carbons (Fsp3) is 0.333. The molecule has 1 saturated heterocycles. The monoisotopic (exact) mass is 400 g/mol. The van der Waals surface area contributed by atoms with E-state index in [1.165, 1.54) is 17.1 Å². The molecule has 0 atom stereocenters. The summed E-state index contributed by atoms with van der Waals surface area (Å²) in [6.45, 7) is 6.37. The molecule has 2 aromatic carbocycles. The van der Waals surface area contributed by atoms with Crippen LogP contribution in [0.5, 0.6) is 0 Å². The molecule has 1 aliphatic heterocycles. The van der Waals surface area contributed by atoms with Crippen LogP contribution in [-0.2, 0) is 5.41 Å². The van der Waals surface area contributed by atoms with Crippen LogP contribution in [0.3, 0.4) is 0 Å². The second-order valence-corrected chi connectivity index (χ2v) is 10.2. The lowest BCUT2D eigenvalue weighted by Crippen LogP contribution is -2.41. The molecule has 4 nitrogen and oxygen atoms in total. The van der Waals surface area contributed by atoms with Crippen molar-refractivity contribution < 1.29 is 9.59 Å². The van der Waals surface area contributed by atoms with Gasteiger partial charge >= 0.3 is 0 Å². The molecule has 0 saturated carbocycles. The molecule has 2 aromatic rings. The van der Waals surface area contributed by atoms with Crippen LogP contribution in [0.2, 0.25) is 0 Å². The summed E-state index contributed by atoms with van der Waals surface area (Å²) in [5.74, 6) is 1.67. The van der Waals surface area contributed by atoms with Gasteiger partial charge in [-0.05, 0) is 40.8 Å². The van der Waals surface area contributed by atoms with E-state index in [-0.39, 0.29) is 17.2 Å². The molecule has 0 aromatic heterocycles. The second kappa shape index (κ2) is 8.40. The fourth-order valence-electron chi connectivity index (χ4n) is 2.72. The number of hydrogen-bond donors (Lipinski definition) is 2. The van der Waals surface area contributed by atoms with Gasteiger partial charge in [0.1, 0.15) is 0 Å². The molecule has 1 aliphatic rings. The van der Waals surface area contributed by atoms with Crippen molar-refractivity contribution in [3.05, 3.63) is 70.8 Å². The molecular formula is C21H24N2O2S2. The van der Waals surface area contributed by atoms with Crippen molar-refractivity contribution in [1.82, 2.24) is 10.9 Å². The van der Waals surface area contributed by atoms with Crippen LogP contribution in [0.25, 0.3) is 0 Å². The summed E-state index contributed by atoms with van der Waals surface area (Å²) >= 11 is 3.86. The highest BCUT2D eigenvalue weighted by Gasteiger charge is 2.19. The molecule has 142 valence electrons. The van der Waals surface area contributed by atoms with Crippen molar-refractivity contribution in [2.24, 2.45) is 0 Å². The van der Waals surface area contributed by atoms with Gasteiger partial charge in [-0.3, -0.25) is 20.4 Å². The van der Waals surface area contributed by atoms with Crippen LogP contribution in [0.15, 0.2) is 48.5 Å². The summed E-state index contributed by atoms with van der Waals surface area (Å²) in [4.78, 5) is 24.5. The first-order chi connectivity index (χ1) is 12.8. The van der Waals surface area contributed by atoms with Gasteiger partial charge in [-0.2, -0.15) is 0 Å². The van der Waals surface area contributed by atoms with Crippen LogP contribution < -0.4 is 10.9 Å². The molecule has 1 heterocycles. The van der Waals surface area contributed by atoms with Crippen LogP contribution >= 0.6 is 23.5 Å². The summed E-state index contributed by atoms with van der Waals surface area (Å²) in [7, 11) is 0. The van der Waals surface area contributed by atoms with Crippen LogP contribution in [-0.4, -0.2) is 23.3 Å². The molecule has 0 bridgehead atoms. The third kappa shape index (κ3) is 5.08. The minimum atomic E-state index is -0.334. The van der Waals surface area contributed by atoms with E-state index in [1.54, 1.807) is 24.3 Å². The Bertz CT molecular complexity index is 806. The van der Waals surface area contributed by atoms with Crippen molar-refractivity contribution in [2.75, 3.05) is 11.5 Å². The highest BCUT2D eigenvalue weighted by atomic mass is 32.2. The van der Waals surface area contributed by atoms with Gasteiger partial charge in [-0.15, -0.1) is 23.5 Å². The number of hydrazine groups is 1. The topological polar surface area (TPSA) is 58.2 Å². The maximum absolute atomic E-state index is 12.3. The number of thioether (sulfide) groups is 2. The number of rotatable bonds is 3. The quantitative estimate of drug-likeness (QED) is 0.743. The predicted molar refractivity (Wildman–Crippen MR) is 114 cm³/mol. The first-order valence-electron chi connectivity index (χ1n) is 8.89. The van der Waals surface area contributed by atoms with Crippen molar-refractivity contribution >= 4 is 35.3 Å². The van der Waals surface area contributed by atoms with Gasteiger partial charge < -0.3 is 0 Å². The summed E-state index contributed by atoms with van der Waals surface area (Å²) in [5, 5.41) is 0. The lowest BCUT2D eigenvalue weighted by atomic mass is 9.87. The zero-order valence-electron chi connectivity index (χ0n) is 15.7. The van der Waals surface area contributed by atoms with E-state index in [0.717, 1.165) is 5.56 Å². The molecule has 0 unspecified atom stereocenters. The second-order valence-electron chi connectivity index (χ2n) is 7.43. The summed E-state index contributed by atoms with van der Waals surface area (Å²) in [5.41, 5.74) is 8.40. The Hall–Kier alpha value is -1.92. The van der Waals surface area contributed by atoms with Crippen molar-refractivity contribution in [1.29, 1.82) is 0 Å². The Morgan fingerprint density at radius 1 is 0.815 bits per heavy atom. The standard InChI is InChI=1S/C21H24N2O2S2/c1-21(2,3)17-10-8-15(9-11-17)19(25)23-22-18(24)14-4-6-16(7-5-14)20-26-12-13-27-20/h4-11,20H,12-13H2,1-3H3,(H,22,24)(H,23,25). The number of carbonyl (C=O) groups excluding carboxylic acids is 2. The fourth-order valence-corrected chi connectivity index (χ4v) is 5.58. The van der Waals surface area contributed by atoms with Crippen LogP contribution in [0, 0.1) is 0 Å². The van der Waals surface area contributed by atoms with E-state index in [9.17, 15) is 9.59 Å². The Morgan fingerprint density at radius 3 is 1.70 bits per heavy atom. The van der Waals surface area contributed by atoms with Gasteiger partial charge in [0, 0.05) is 22.6 Å². The van der Waals surface area contributed by atoms with Gasteiger partial charge in [-0.1, -0.05) is 45.0 Å². The van der Waals surface area contributed by atoms with E-state index >= 15 is 0 Å². The number of carbonyl (C=O) groups is 2. The van der Waals surface area contributed by atoms with Crippen LogP contribution in [0.1, 0.15) is 57.2 Å². The lowest BCUT2D eigenvalue weighted by Gasteiger charge is -2.19. The Morgan fingerprint density at radius 2 is 1.26 bits per heavy atom. The zero-order chi connectivity index (χ0) is 19.4. The van der Waals surface area contributed by atoms with Gasteiger partial charge in [0.05, 0.1) is 4.58 Å². The maximum atomic E-state index is 12.3. The Labute approximate surface area is 168 Å². The number of benzene rings is 2. The Balaban J connectivity index is 1.56. The highest BCUT2D eigenvalue weighted by molar-refractivity contribution is 8.19. The number of nitrogens with one attached hydrogen (secondary N) is 2. The Kier molecular flexibility index (Phi) is 6.17. The first kappa shape index (κ1) is 19.8. The summed E-state index contributed by atoms with van der Waals surface area (Å²) < 4.78 is 0.456. The average Bonchev–Trinajstić information content (AvgIpc) is 3.20. The zero-order valence-corrected chi connectivity index (χ0v) is 17.4. The van der Waals surface area contributed by atoms with Gasteiger partial charge in [0.25, 0.3) is 11.8 Å². The SMILES string of the molecule is CC(C)(C)c1ccc(C(=O)NNC(=O)c2ccc(C3SCCS3)cc2)cc1. The van der Waals surface area contributed by atoms with E-state index in [4.69, 9.17) is 0 Å². The molecule has 0 spiro atoms. The minimum Gasteiger partial charge on any atom is -0.267 e. The lowest BCUT2D eigenvalue weighted by molar-refractivity contribution is 0.0846. The van der Waals surface area contributed by atoms with Crippen molar-refractivity contribution in [2.45, 2.75) is 30.8 Å². The predicted octanol–water partition coefficient (Wildman–Crippen LogP) is 4.54. The van der Waals surface area contributed by atoms with E-state index in [1.807, 2.05) is 47.8 Å². The van der Waals surface area contributed by atoms with E-state index < -0.39 is 0 Å². The highest BCUT2D eigenvalue weighted by Crippen LogP contribution is 2.45. The molecule has 0 aliphatic carbocycles. The third-order valence-electron chi connectivity index (χ3n) is 4.37. The molecule has 1 fully saturated rings. The summed E-state index contributed by atoms with van der Waals surface area (Å²) in [6.07, 6.45) is 0. The van der Waals surface area contributed by atoms with Gasteiger partial charge in [0.15, 0.2) is 0 Å². The van der Waals surface area contributed by atoms with Gasteiger partial charge in [-0.25, -0.2) is 0 Å². The first-order valence-corrected chi connectivity index (χ1v) is 11.0. The molecule has 3 rings (SSSR count). The number of amides is 2. The molecule has 27 heavy (non-hydrogen) atoms. The van der Waals surface area contributed by atoms with Crippen molar-refractivity contribution in [3.8, 4) is 0 Å². The number of hydrogen-bond acceptors (Lipinski definition) is 4. The summed E-state index contributed by atoms with van der Waals surface area (Å²) in [6, 6.07) is 15.0. The smallest absolute Gasteiger partial charge is 0.267 e. The largest absolute Gasteiger partial charge is 0.269 e. The molecule has 2 N–H and O–H groups in total. The van der Waals surface area contributed by atoms with Gasteiger partial charge in [0.2, 0.25) is 0 Å². The maximum Gasteiger partial charge on any atom is 0.269 e. The van der Waals surface area contributed by atoms with Crippen LogP contribution in [0.4, 0.5) is 0 Å². The average molecular weight is 401 g/mol. The molecule has 2 amide bonds. The normalized spacial score (nSPS) is 14.8. The minimum absolute atomic E-state index is 0.0326. The third-order valence-corrected chi connectivity index (χ3v) is 7.47. The van der Waals surface area contributed by atoms with E-state index in [0.29, 0.717) is 15.7 Å². The molecule has 6 heteroatoms. The molecule has 0 radical (unpaired) electrons. The molecular weight excluding hydrogens is 376 g/mol.